The number of hydrogen-bond acceptors (Lipinski definition) is 8. The van der Waals surface area contributed by atoms with E-state index in [4.69, 9.17) is 25.8 Å². The molecule has 0 spiro atoms. The molecular formula is C16H12ClNO7S. The van der Waals surface area contributed by atoms with Crippen LogP contribution in [0.3, 0.4) is 0 Å². The summed E-state index contributed by atoms with van der Waals surface area (Å²) in [5.41, 5.74) is 0.409. The summed E-state index contributed by atoms with van der Waals surface area (Å²) >= 11 is 7.12. The summed E-state index contributed by atoms with van der Waals surface area (Å²) in [4.78, 5) is 35.9. The van der Waals surface area contributed by atoms with Crippen molar-refractivity contribution in [1.29, 1.82) is 0 Å². The van der Waals surface area contributed by atoms with E-state index in [1.807, 2.05) is 0 Å². The summed E-state index contributed by atoms with van der Waals surface area (Å²) in [5.74, 6) is -1.24. The van der Waals surface area contributed by atoms with Crippen LogP contribution in [0.25, 0.3) is 0 Å². The summed E-state index contributed by atoms with van der Waals surface area (Å²) in [6.45, 7) is -0.527. The van der Waals surface area contributed by atoms with Crippen LogP contribution in [0.4, 0.5) is 5.69 Å². The van der Waals surface area contributed by atoms with Crippen molar-refractivity contribution in [2.24, 2.45) is 0 Å². The normalized spacial score (nSPS) is 11.8. The molecule has 0 atom stereocenters. The zero-order valence-corrected chi connectivity index (χ0v) is 14.9. The molecule has 1 N–H and O–H groups in total. The van der Waals surface area contributed by atoms with Gasteiger partial charge in [-0.05, 0) is 23.6 Å². The number of fused-ring (bicyclic) bond motifs is 1. The van der Waals surface area contributed by atoms with Crippen LogP contribution in [-0.2, 0) is 14.3 Å². The molecule has 1 amide bonds. The molecule has 2 aromatic rings. The smallest absolute Gasteiger partial charge is 0.350 e. The van der Waals surface area contributed by atoms with Crippen molar-refractivity contribution in [3.05, 3.63) is 39.0 Å². The van der Waals surface area contributed by atoms with E-state index in [2.05, 4.69) is 10.1 Å². The fourth-order valence-corrected chi connectivity index (χ4v) is 3.18. The third-order valence-corrected chi connectivity index (χ3v) is 4.48. The number of rotatable bonds is 5. The summed E-state index contributed by atoms with van der Waals surface area (Å²) in [6, 6.07) is 4.33. The molecule has 0 radical (unpaired) electrons. The second-order valence-corrected chi connectivity index (χ2v) is 6.29. The zero-order chi connectivity index (χ0) is 18.7. The molecule has 3 rings (SSSR count). The maximum absolute atomic E-state index is 12.1. The van der Waals surface area contributed by atoms with Crippen molar-refractivity contribution in [3.63, 3.8) is 0 Å². The number of halogens is 1. The molecule has 26 heavy (non-hydrogen) atoms. The molecular weight excluding hydrogens is 386 g/mol. The van der Waals surface area contributed by atoms with E-state index in [1.165, 1.54) is 19.2 Å². The van der Waals surface area contributed by atoms with Crippen LogP contribution in [0.1, 0.15) is 20.0 Å². The predicted octanol–water partition coefficient (Wildman–Crippen LogP) is 2.71. The number of carbonyl (C=O) groups excluding carboxylic acids is 3. The van der Waals surface area contributed by atoms with Crippen LogP contribution in [0.5, 0.6) is 11.5 Å². The van der Waals surface area contributed by atoms with Crippen molar-refractivity contribution < 1.29 is 33.3 Å². The van der Waals surface area contributed by atoms with Crippen molar-refractivity contribution in [2.45, 2.75) is 0 Å². The minimum Gasteiger partial charge on any atom is -0.465 e. The first-order valence-electron chi connectivity index (χ1n) is 7.21. The van der Waals surface area contributed by atoms with Crippen LogP contribution in [-0.4, -0.2) is 38.4 Å². The number of ether oxygens (including phenoxy) is 4. The van der Waals surface area contributed by atoms with E-state index in [1.54, 1.807) is 11.4 Å². The minimum atomic E-state index is -0.751. The van der Waals surface area contributed by atoms with Gasteiger partial charge in [0.15, 0.2) is 18.1 Å². The lowest BCUT2D eigenvalue weighted by molar-refractivity contribution is -0.119. The standard InChI is InChI=1S/C16H12ClNO7S/c1-22-16(21)14-10(2-3-26-14)18-12(19)6-23-15(20)8-4-9(17)13-11(5-8)24-7-25-13/h2-5H,6-7H2,1H3,(H,18,19). The maximum atomic E-state index is 12.1. The van der Waals surface area contributed by atoms with Gasteiger partial charge in [-0.2, -0.15) is 0 Å². The molecule has 8 nitrogen and oxygen atoms in total. The number of benzene rings is 1. The van der Waals surface area contributed by atoms with E-state index < -0.39 is 24.5 Å². The van der Waals surface area contributed by atoms with Gasteiger partial charge in [0.2, 0.25) is 6.79 Å². The number of thiophene rings is 1. The van der Waals surface area contributed by atoms with Crippen molar-refractivity contribution in [1.82, 2.24) is 0 Å². The lowest BCUT2D eigenvalue weighted by Crippen LogP contribution is -2.21. The third-order valence-electron chi connectivity index (χ3n) is 3.31. The number of esters is 2. The number of carbonyl (C=O) groups is 3. The molecule has 1 aromatic heterocycles. The number of hydrogen-bond donors (Lipinski definition) is 1. The fraction of sp³-hybridized carbons (Fsp3) is 0.188. The average Bonchev–Trinajstić information content (AvgIpc) is 3.28. The highest BCUT2D eigenvalue weighted by molar-refractivity contribution is 7.12. The lowest BCUT2D eigenvalue weighted by atomic mass is 10.2. The maximum Gasteiger partial charge on any atom is 0.350 e. The second kappa shape index (κ2) is 7.63. The lowest BCUT2D eigenvalue weighted by Gasteiger charge is -2.08. The molecule has 2 heterocycles. The SMILES string of the molecule is COC(=O)c1sccc1NC(=O)COC(=O)c1cc(Cl)c2c(c1)OCO2. The molecule has 136 valence electrons. The van der Waals surface area contributed by atoms with Gasteiger partial charge in [0.1, 0.15) is 4.88 Å². The Morgan fingerprint density at radius 3 is 2.85 bits per heavy atom. The Balaban J connectivity index is 1.60. The first-order chi connectivity index (χ1) is 12.5. The monoisotopic (exact) mass is 397 g/mol. The minimum absolute atomic E-state index is 0.0130. The molecule has 0 fully saturated rings. The quantitative estimate of drug-likeness (QED) is 0.774. The van der Waals surface area contributed by atoms with Gasteiger partial charge in [0.25, 0.3) is 5.91 Å². The Morgan fingerprint density at radius 2 is 2.08 bits per heavy atom. The van der Waals surface area contributed by atoms with E-state index in [-0.39, 0.29) is 27.9 Å². The summed E-state index contributed by atoms with van der Waals surface area (Å²) in [6.07, 6.45) is 0. The van der Waals surface area contributed by atoms with Gasteiger partial charge in [-0.25, -0.2) is 9.59 Å². The Labute approximate surface area is 156 Å². The molecule has 0 saturated carbocycles. The summed E-state index contributed by atoms with van der Waals surface area (Å²) < 4.78 is 19.9. The third kappa shape index (κ3) is 3.73. The molecule has 0 saturated heterocycles. The zero-order valence-electron chi connectivity index (χ0n) is 13.4. The van der Waals surface area contributed by atoms with Crippen LogP contribution < -0.4 is 14.8 Å². The van der Waals surface area contributed by atoms with Crippen LogP contribution in [0, 0.1) is 0 Å². The van der Waals surface area contributed by atoms with Crippen molar-refractivity contribution in [3.8, 4) is 11.5 Å². The fourth-order valence-electron chi connectivity index (χ4n) is 2.14. The average molecular weight is 398 g/mol. The van der Waals surface area contributed by atoms with E-state index in [9.17, 15) is 14.4 Å². The molecule has 1 aliphatic heterocycles. The first-order valence-corrected chi connectivity index (χ1v) is 8.47. The molecule has 0 bridgehead atoms. The second-order valence-electron chi connectivity index (χ2n) is 4.97. The molecule has 0 unspecified atom stereocenters. The Hall–Kier alpha value is -2.78. The van der Waals surface area contributed by atoms with E-state index in [0.29, 0.717) is 11.5 Å². The number of nitrogens with one attached hydrogen (secondary N) is 1. The summed E-state index contributed by atoms with van der Waals surface area (Å²) in [5, 5.41) is 4.32. The first kappa shape index (κ1) is 18.0. The number of methoxy groups -OCH3 is 1. The molecule has 0 aliphatic carbocycles. The highest BCUT2D eigenvalue weighted by atomic mass is 35.5. The van der Waals surface area contributed by atoms with Gasteiger partial charge in [-0.15, -0.1) is 11.3 Å². The van der Waals surface area contributed by atoms with E-state index >= 15 is 0 Å². The largest absolute Gasteiger partial charge is 0.465 e. The molecule has 10 heteroatoms. The van der Waals surface area contributed by atoms with Gasteiger partial charge < -0.3 is 24.3 Å². The van der Waals surface area contributed by atoms with Crippen molar-refractivity contribution >= 4 is 46.5 Å². The van der Waals surface area contributed by atoms with Gasteiger partial charge in [0.05, 0.1) is 23.4 Å². The Bertz CT molecular complexity index is 879. The van der Waals surface area contributed by atoms with Gasteiger partial charge in [0, 0.05) is 0 Å². The number of amides is 1. The Kier molecular flexibility index (Phi) is 5.29. The van der Waals surface area contributed by atoms with Crippen LogP contribution >= 0.6 is 22.9 Å². The highest BCUT2D eigenvalue weighted by Gasteiger charge is 2.22. The van der Waals surface area contributed by atoms with Gasteiger partial charge in [-0.1, -0.05) is 11.6 Å². The van der Waals surface area contributed by atoms with E-state index in [0.717, 1.165) is 11.3 Å². The van der Waals surface area contributed by atoms with Gasteiger partial charge in [-0.3, -0.25) is 4.79 Å². The summed E-state index contributed by atoms with van der Waals surface area (Å²) in [7, 11) is 1.24. The van der Waals surface area contributed by atoms with Crippen LogP contribution in [0.15, 0.2) is 23.6 Å². The topological polar surface area (TPSA) is 100 Å². The van der Waals surface area contributed by atoms with Crippen molar-refractivity contribution in [2.75, 3.05) is 25.8 Å². The Morgan fingerprint density at radius 1 is 1.27 bits per heavy atom. The molecule has 1 aliphatic rings. The highest BCUT2D eigenvalue weighted by Crippen LogP contribution is 2.39. The predicted molar refractivity (Wildman–Crippen MR) is 92.1 cm³/mol. The number of anilines is 1. The van der Waals surface area contributed by atoms with Gasteiger partial charge >= 0.3 is 11.9 Å². The molecule has 1 aromatic carbocycles. The van der Waals surface area contributed by atoms with Crippen LogP contribution in [0.2, 0.25) is 5.02 Å².